The lowest BCUT2D eigenvalue weighted by Crippen LogP contribution is -2.10. The molecule has 0 amide bonds. The number of hydrogen-bond acceptors (Lipinski definition) is 5. The van der Waals surface area contributed by atoms with Crippen LogP contribution in [-0.4, -0.2) is 24.0 Å². The maximum atomic E-state index is 10.8. The molecule has 1 atom stereocenters. The van der Waals surface area contributed by atoms with Crippen molar-refractivity contribution in [2.24, 2.45) is 0 Å². The summed E-state index contributed by atoms with van der Waals surface area (Å²) in [5, 5.41) is 18.4. The molecule has 0 saturated carbocycles. The van der Waals surface area contributed by atoms with Crippen LogP contribution in [0.1, 0.15) is 0 Å². The van der Waals surface area contributed by atoms with Crippen LogP contribution in [-0.2, 0) is 0 Å². The normalized spacial score (nSPS) is 11.4. The first-order chi connectivity index (χ1) is 8.08. The monoisotopic (exact) mass is 256 g/mol. The highest BCUT2D eigenvalue weighted by Crippen LogP contribution is 2.31. The molecule has 0 radical (unpaired) electrons. The lowest BCUT2D eigenvalue weighted by Gasteiger charge is -2.07. The highest BCUT2D eigenvalue weighted by molar-refractivity contribution is 6.22. The van der Waals surface area contributed by atoms with Crippen molar-refractivity contribution < 1.29 is 14.4 Å². The van der Waals surface area contributed by atoms with Crippen LogP contribution in [0, 0.1) is 21.4 Å². The number of ether oxygens (including phenoxy) is 2. The number of nitrogens with zero attached hydrogens (tertiary/aromatic N) is 2. The maximum Gasteiger partial charge on any atom is 0.314 e. The summed E-state index contributed by atoms with van der Waals surface area (Å²) in [5.74, 6) is 0.406. The van der Waals surface area contributed by atoms with Crippen LogP contribution >= 0.6 is 11.6 Å². The van der Waals surface area contributed by atoms with Gasteiger partial charge in [0.25, 0.3) is 0 Å². The van der Waals surface area contributed by atoms with Crippen LogP contribution in [0.15, 0.2) is 18.2 Å². The van der Waals surface area contributed by atoms with E-state index in [2.05, 4.69) is 0 Å². The van der Waals surface area contributed by atoms with Crippen LogP contribution in [0.4, 0.5) is 5.69 Å². The van der Waals surface area contributed by atoms with Crippen molar-refractivity contribution in [2.75, 3.05) is 13.7 Å². The summed E-state index contributed by atoms with van der Waals surface area (Å²) in [5.41, 5.74) is -0.230. The summed E-state index contributed by atoms with van der Waals surface area (Å²) in [6, 6.07) is 5.92. The van der Waals surface area contributed by atoms with Gasteiger partial charge in [-0.25, -0.2) is 0 Å². The Bertz CT molecular complexity index is 458. The second kappa shape index (κ2) is 5.92. The van der Waals surface area contributed by atoms with Crippen LogP contribution in [0.5, 0.6) is 11.5 Å². The fourth-order valence-electron chi connectivity index (χ4n) is 1.09. The smallest absolute Gasteiger partial charge is 0.314 e. The van der Waals surface area contributed by atoms with Gasteiger partial charge < -0.3 is 9.47 Å². The van der Waals surface area contributed by atoms with Crippen molar-refractivity contribution in [3.8, 4) is 17.6 Å². The Morgan fingerprint density at radius 1 is 1.65 bits per heavy atom. The minimum Gasteiger partial charge on any atom is -0.496 e. The standard InChI is InChI=1S/C10H9ClN2O4/c1-16-8-2-3-10(9(4-8)13(14)15)17-6-7(11)5-12/h2-4,7H,6H2,1H3. The first kappa shape index (κ1) is 13.1. The summed E-state index contributed by atoms with van der Waals surface area (Å²) in [6.07, 6.45) is 0. The van der Waals surface area contributed by atoms with Gasteiger partial charge in [-0.05, 0) is 12.1 Å². The summed E-state index contributed by atoms with van der Waals surface area (Å²) < 4.78 is 9.97. The molecule has 1 aromatic rings. The van der Waals surface area contributed by atoms with Gasteiger partial charge in [-0.2, -0.15) is 5.26 Å². The lowest BCUT2D eigenvalue weighted by atomic mass is 10.3. The molecule has 17 heavy (non-hydrogen) atoms. The third-order valence-electron chi connectivity index (χ3n) is 1.89. The van der Waals surface area contributed by atoms with Gasteiger partial charge in [0.2, 0.25) is 0 Å². The van der Waals surface area contributed by atoms with Gasteiger partial charge >= 0.3 is 5.69 Å². The highest BCUT2D eigenvalue weighted by Gasteiger charge is 2.17. The number of hydrogen-bond donors (Lipinski definition) is 0. The van der Waals surface area contributed by atoms with Gasteiger partial charge in [0.15, 0.2) is 11.1 Å². The van der Waals surface area contributed by atoms with Crippen LogP contribution < -0.4 is 9.47 Å². The molecule has 0 aliphatic rings. The molecule has 1 unspecified atom stereocenters. The van der Waals surface area contributed by atoms with E-state index in [-0.39, 0.29) is 18.0 Å². The van der Waals surface area contributed by atoms with Gasteiger partial charge in [-0.3, -0.25) is 10.1 Å². The number of rotatable bonds is 5. The van der Waals surface area contributed by atoms with Gasteiger partial charge in [0, 0.05) is 0 Å². The number of alkyl halides is 1. The van der Waals surface area contributed by atoms with E-state index in [9.17, 15) is 10.1 Å². The molecule has 0 heterocycles. The Labute approximate surface area is 102 Å². The van der Waals surface area contributed by atoms with E-state index < -0.39 is 10.3 Å². The zero-order valence-electron chi connectivity index (χ0n) is 8.92. The van der Waals surface area contributed by atoms with E-state index >= 15 is 0 Å². The summed E-state index contributed by atoms with van der Waals surface area (Å²) in [6.45, 7) is -0.120. The Morgan fingerprint density at radius 3 is 2.88 bits per heavy atom. The third kappa shape index (κ3) is 3.50. The molecule has 6 nitrogen and oxygen atoms in total. The number of halogens is 1. The molecule has 0 N–H and O–H groups in total. The SMILES string of the molecule is COc1ccc(OCC(Cl)C#N)c([N+](=O)[O-])c1. The van der Waals surface area contributed by atoms with Crippen molar-refractivity contribution in [1.29, 1.82) is 5.26 Å². The Morgan fingerprint density at radius 2 is 2.35 bits per heavy atom. The largest absolute Gasteiger partial charge is 0.496 e. The molecule has 7 heteroatoms. The lowest BCUT2D eigenvalue weighted by molar-refractivity contribution is -0.385. The molecular weight excluding hydrogens is 248 g/mol. The van der Waals surface area contributed by atoms with E-state index in [4.69, 9.17) is 26.3 Å². The van der Waals surface area contributed by atoms with Crippen molar-refractivity contribution >= 4 is 17.3 Å². The zero-order chi connectivity index (χ0) is 12.8. The number of nitro benzene ring substituents is 1. The summed E-state index contributed by atoms with van der Waals surface area (Å²) in [7, 11) is 1.41. The molecule has 0 saturated heterocycles. The minimum atomic E-state index is -0.850. The number of nitro groups is 1. The van der Waals surface area contributed by atoms with E-state index in [1.54, 1.807) is 6.07 Å². The average Bonchev–Trinajstić information content (AvgIpc) is 2.35. The van der Waals surface area contributed by atoms with Crippen LogP contribution in [0.3, 0.4) is 0 Å². The zero-order valence-corrected chi connectivity index (χ0v) is 9.68. The molecule has 0 fully saturated rings. The maximum absolute atomic E-state index is 10.8. The van der Waals surface area contributed by atoms with E-state index in [0.717, 1.165) is 0 Å². The van der Waals surface area contributed by atoms with Gasteiger partial charge in [-0.1, -0.05) is 0 Å². The molecule has 0 aliphatic carbocycles. The van der Waals surface area contributed by atoms with Crippen molar-refractivity contribution in [1.82, 2.24) is 0 Å². The molecular formula is C10H9ClN2O4. The van der Waals surface area contributed by atoms with Crippen LogP contribution in [0.25, 0.3) is 0 Å². The first-order valence-electron chi connectivity index (χ1n) is 4.57. The first-order valence-corrected chi connectivity index (χ1v) is 5.01. The van der Waals surface area contributed by atoms with Gasteiger partial charge in [0.05, 0.1) is 24.2 Å². The molecule has 90 valence electrons. The van der Waals surface area contributed by atoms with Crippen LogP contribution in [0.2, 0.25) is 0 Å². The fraction of sp³-hybridized carbons (Fsp3) is 0.300. The van der Waals surface area contributed by atoms with Gasteiger partial charge in [-0.15, -0.1) is 11.6 Å². The highest BCUT2D eigenvalue weighted by atomic mass is 35.5. The Balaban J connectivity index is 2.91. The Kier molecular flexibility index (Phi) is 4.55. The topological polar surface area (TPSA) is 85.4 Å². The molecule has 1 rings (SSSR count). The fourth-order valence-corrected chi connectivity index (χ4v) is 1.15. The van der Waals surface area contributed by atoms with Crippen molar-refractivity contribution in [3.63, 3.8) is 0 Å². The Hall–Kier alpha value is -2.00. The number of benzene rings is 1. The predicted molar refractivity (Wildman–Crippen MR) is 60.4 cm³/mol. The van der Waals surface area contributed by atoms with Gasteiger partial charge in [0.1, 0.15) is 12.4 Å². The number of nitriles is 1. The molecule has 0 aliphatic heterocycles. The molecule has 0 spiro atoms. The number of methoxy groups -OCH3 is 1. The molecule has 1 aromatic carbocycles. The molecule has 0 bridgehead atoms. The average molecular weight is 257 g/mol. The summed E-state index contributed by atoms with van der Waals surface area (Å²) in [4.78, 5) is 10.2. The second-order valence-electron chi connectivity index (χ2n) is 3.00. The van der Waals surface area contributed by atoms with E-state index in [1.165, 1.54) is 25.3 Å². The summed E-state index contributed by atoms with van der Waals surface area (Å²) >= 11 is 5.52. The van der Waals surface area contributed by atoms with Crippen molar-refractivity contribution in [2.45, 2.75) is 5.38 Å². The van der Waals surface area contributed by atoms with Crippen molar-refractivity contribution in [3.05, 3.63) is 28.3 Å². The minimum absolute atomic E-state index is 0.0525. The predicted octanol–water partition coefficient (Wildman–Crippen LogP) is 2.11. The third-order valence-corrected chi connectivity index (χ3v) is 2.11. The molecule has 0 aromatic heterocycles. The second-order valence-corrected chi connectivity index (χ2v) is 3.53. The van der Waals surface area contributed by atoms with E-state index in [1.807, 2.05) is 0 Å². The quantitative estimate of drug-likeness (QED) is 0.457. The van der Waals surface area contributed by atoms with E-state index in [0.29, 0.717) is 5.75 Å².